The quantitative estimate of drug-likeness (QED) is 0.685. The molecule has 0 saturated heterocycles. The first-order valence-corrected chi connectivity index (χ1v) is 7.20. The van der Waals surface area contributed by atoms with Crippen LogP contribution in [0.5, 0.6) is 0 Å². The Hall–Kier alpha value is -2.07. The number of hydrogen-bond donors (Lipinski definition) is 1. The maximum atomic E-state index is 10.9. The zero-order valence-electron chi connectivity index (χ0n) is 11.6. The number of aryl methyl sites for hydroxylation is 1. The second-order valence-electron chi connectivity index (χ2n) is 5.39. The summed E-state index contributed by atoms with van der Waals surface area (Å²) in [6, 6.07) is 11.9. The zero-order chi connectivity index (χ0) is 15.0. The van der Waals surface area contributed by atoms with Gasteiger partial charge in [-0.25, -0.2) is 0 Å². The van der Waals surface area contributed by atoms with E-state index in [0.717, 1.165) is 24.1 Å². The average Bonchev–Trinajstić information content (AvgIpc) is 2.84. The average molecular weight is 303 g/mol. The Morgan fingerprint density at radius 3 is 2.43 bits per heavy atom. The maximum absolute atomic E-state index is 10.9. The van der Waals surface area contributed by atoms with E-state index in [2.05, 4.69) is 29.6 Å². The Morgan fingerprint density at radius 1 is 1.24 bits per heavy atom. The van der Waals surface area contributed by atoms with Gasteiger partial charge >= 0.3 is 0 Å². The summed E-state index contributed by atoms with van der Waals surface area (Å²) in [5.74, 6) is 0. The summed E-state index contributed by atoms with van der Waals surface area (Å²) in [6.07, 6.45) is 1.93. The fourth-order valence-electron chi connectivity index (χ4n) is 2.84. The predicted molar refractivity (Wildman–Crippen MR) is 84.1 cm³/mol. The lowest BCUT2D eigenvalue weighted by molar-refractivity contribution is -0.384. The molecule has 0 fully saturated rings. The van der Waals surface area contributed by atoms with Crippen molar-refractivity contribution in [2.45, 2.75) is 25.8 Å². The number of hydrogen-bond acceptors (Lipinski definition) is 3. The molecular weight excluding hydrogens is 288 g/mol. The minimum Gasteiger partial charge on any atom is -0.381 e. The number of halogens is 1. The van der Waals surface area contributed by atoms with Crippen molar-refractivity contribution in [2.24, 2.45) is 0 Å². The zero-order valence-corrected chi connectivity index (χ0v) is 12.4. The van der Waals surface area contributed by atoms with Crippen molar-refractivity contribution in [1.82, 2.24) is 0 Å². The summed E-state index contributed by atoms with van der Waals surface area (Å²) in [7, 11) is 0. The third-order valence-corrected chi connectivity index (χ3v) is 4.20. The summed E-state index contributed by atoms with van der Waals surface area (Å²) in [5, 5.41) is 14.5. The van der Waals surface area contributed by atoms with Crippen LogP contribution in [0.2, 0.25) is 5.02 Å². The van der Waals surface area contributed by atoms with Gasteiger partial charge in [0.2, 0.25) is 0 Å². The molecule has 0 aliphatic heterocycles. The number of nitrogens with zero attached hydrogens (tertiary/aromatic N) is 1. The fourth-order valence-corrected chi connectivity index (χ4v) is 3.08. The molecule has 21 heavy (non-hydrogen) atoms. The standard InChI is InChI=1S/C16H15ClN2O2/c1-10-6-16(19(20)21)14(17)9-15(10)18-13-7-11-4-2-3-5-12(11)8-13/h2-6,9,13,18H,7-8H2,1H3. The maximum Gasteiger partial charge on any atom is 0.288 e. The first-order valence-electron chi connectivity index (χ1n) is 6.82. The number of fused-ring (bicyclic) bond motifs is 1. The van der Waals surface area contributed by atoms with E-state index < -0.39 is 4.92 Å². The minimum atomic E-state index is -0.454. The molecule has 0 bridgehead atoms. The Balaban J connectivity index is 1.81. The summed E-state index contributed by atoms with van der Waals surface area (Å²) in [4.78, 5) is 10.4. The Bertz CT molecular complexity index is 690. The van der Waals surface area contributed by atoms with Gasteiger partial charge in [-0.1, -0.05) is 35.9 Å². The minimum absolute atomic E-state index is 0.0468. The number of benzene rings is 2. The Labute approximate surface area is 127 Å². The molecule has 4 nitrogen and oxygen atoms in total. The van der Waals surface area contributed by atoms with E-state index >= 15 is 0 Å². The van der Waals surface area contributed by atoms with Crippen LogP contribution >= 0.6 is 11.6 Å². The first-order chi connectivity index (χ1) is 10.0. The van der Waals surface area contributed by atoms with Gasteiger partial charge in [-0.3, -0.25) is 10.1 Å². The van der Waals surface area contributed by atoms with E-state index in [1.54, 1.807) is 6.07 Å². The summed E-state index contributed by atoms with van der Waals surface area (Å²) >= 11 is 5.99. The van der Waals surface area contributed by atoms with Gasteiger partial charge in [0, 0.05) is 17.8 Å². The van der Waals surface area contributed by atoms with E-state index in [4.69, 9.17) is 11.6 Å². The summed E-state index contributed by atoms with van der Waals surface area (Å²) in [6.45, 7) is 1.85. The molecule has 2 aromatic carbocycles. The van der Waals surface area contributed by atoms with Crippen LogP contribution in [0.4, 0.5) is 11.4 Å². The number of rotatable bonds is 3. The van der Waals surface area contributed by atoms with Gasteiger partial charge in [-0.2, -0.15) is 0 Å². The molecular formula is C16H15ClN2O2. The molecule has 0 radical (unpaired) electrons. The molecule has 0 amide bonds. The van der Waals surface area contributed by atoms with Gasteiger partial charge in [0.25, 0.3) is 5.69 Å². The molecule has 1 aliphatic rings. The van der Waals surface area contributed by atoms with Gasteiger partial charge in [0.1, 0.15) is 5.02 Å². The third-order valence-electron chi connectivity index (χ3n) is 3.90. The predicted octanol–water partition coefficient (Wildman–Crippen LogP) is 4.14. The van der Waals surface area contributed by atoms with Crippen LogP contribution in [-0.4, -0.2) is 11.0 Å². The van der Waals surface area contributed by atoms with Crippen LogP contribution in [0.25, 0.3) is 0 Å². The van der Waals surface area contributed by atoms with E-state index in [0.29, 0.717) is 6.04 Å². The van der Waals surface area contributed by atoms with Crippen molar-refractivity contribution < 1.29 is 4.92 Å². The monoisotopic (exact) mass is 302 g/mol. The number of anilines is 1. The van der Waals surface area contributed by atoms with Crippen LogP contribution < -0.4 is 5.32 Å². The van der Waals surface area contributed by atoms with Crippen molar-refractivity contribution >= 4 is 23.0 Å². The lowest BCUT2D eigenvalue weighted by Crippen LogP contribution is -2.20. The number of nitro benzene ring substituents is 1. The Morgan fingerprint density at radius 2 is 1.86 bits per heavy atom. The highest BCUT2D eigenvalue weighted by molar-refractivity contribution is 6.33. The molecule has 0 aromatic heterocycles. The highest BCUT2D eigenvalue weighted by Crippen LogP contribution is 2.32. The summed E-state index contributed by atoms with van der Waals surface area (Å²) in [5.41, 5.74) is 4.38. The molecule has 3 rings (SSSR count). The van der Waals surface area contributed by atoms with Gasteiger partial charge in [-0.15, -0.1) is 0 Å². The van der Waals surface area contributed by atoms with Gasteiger partial charge < -0.3 is 5.32 Å². The molecule has 0 saturated carbocycles. The highest BCUT2D eigenvalue weighted by Gasteiger charge is 2.22. The molecule has 1 aliphatic carbocycles. The summed E-state index contributed by atoms with van der Waals surface area (Å²) < 4.78 is 0. The van der Waals surface area contributed by atoms with Crippen LogP contribution in [-0.2, 0) is 12.8 Å². The molecule has 1 N–H and O–H groups in total. The molecule has 0 spiro atoms. The van der Waals surface area contributed by atoms with Crippen LogP contribution in [0, 0.1) is 17.0 Å². The molecule has 0 heterocycles. The second-order valence-corrected chi connectivity index (χ2v) is 5.80. The normalized spacial score (nSPS) is 14.0. The van der Waals surface area contributed by atoms with Gasteiger partial charge in [0.05, 0.1) is 4.92 Å². The van der Waals surface area contributed by atoms with E-state index in [-0.39, 0.29) is 10.7 Å². The molecule has 2 aromatic rings. The van der Waals surface area contributed by atoms with Crippen molar-refractivity contribution in [2.75, 3.05) is 5.32 Å². The molecule has 5 heteroatoms. The lowest BCUT2D eigenvalue weighted by Gasteiger charge is -2.16. The third kappa shape index (κ3) is 2.72. The van der Waals surface area contributed by atoms with Crippen molar-refractivity contribution in [3.8, 4) is 0 Å². The SMILES string of the molecule is Cc1cc([N+](=O)[O-])c(Cl)cc1NC1Cc2ccccc2C1. The molecule has 0 atom stereocenters. The second kappa shape index (κ2) is 5.37. The molecule has 0 unspecified atom stereocenters. The van der Waals surface area contributed by atoms with Crippen molar-refractivity contribution in [3.05, 3.63) is 68.2 Å². The van der Waals surface area contributed by atoms with Crippen molar-refractivity contribution in [3.63, 3.8) is 0 Å². The van der Waals surface area contributed by atoms with Crippen LogP contribution in [0.1, 0.15) is 16.7 Å². The van der Waals surface area contributed by atoms with Crippen molar-refractivity contribution in [1.29, 1.82) is 0 Å². The Kier molecular flexibility index (Phi) is 3.55. The van der Waals surface area contributed by atoms with E-state index in [1.165, 1.54) is 17.2 Å². The highest BCUT2D eigenvalue weighted by atomic mass is 35.5. The van der Waals surface area contributed by atoms with E-state index in [1.807, 2.05) is 6.92 Å². The smallest absolute Gasteiger partial charge is 0.288 e. The van der Waals surface area contributed by atoms with E-state index in [9.17, 15) is 10.1 Å². The number of nitro groups is 1. The van der Waals surface area contributed by atoms with Gasteiger partial charge in [0.15, 0.2) is 0 Å². The fraction of sp³-hybridized carbons (Fsp3) is 0.250. The topological polar surface area (TPSA) is 55.2 Å². The lowest BCUT2D eigenvalue weighted by atomic mass is 10.1. The van der Waals surface area contributed by atoms with Crippen LogP contribution in [0.15, 0.2) is 36.4 Å². The largest absolute Gasteiger partial charge is 0.381 e. The van der Waals surface area contributed by atoms with Crippen LogP contribution in [0.3, 0.4) is 0 Å². The number of nitrogens with one attached hydrogen (secondary N) is 1. The molecule has 108 valence electrons. The van der Waals surface area contributed by atoms with Gasteiger partial charge in [-0.05, 0) is 42.5 Å². The first kappa shape index (κ1) is 13.9.